The molecule has 4 rings (SSSR count). The lowest BCUT2D eigenvalue weighted by Gasteiger charge is -2.07. The fourth-order valence-electron chi connectivity index (χ4n) is 3.16. The molecule has 0 aliphatic carbocycles. The van der Waals surface area contributed by atoms with Crippen LogP contribution in [-0.4, -0.2) is 21.7 Å². The Hall–Kier alpha value is -5.78. The van der Waals surface area contributed by atoms with Gasteiger partial charge in [-0.1, -0.05) is 0 Å². The van der Waals surface area contributed by atoms with Crippen LogP contribution in [0.25, 0.3) is 0 Å². The highest BCUT2D eigenvalue weighted by molar-refractivity contribution is 5.89. The molecule has 4 aromatic rings. The van der Waals surface area contributed by atoms with E-state index in [0.29, 0.717) is 34.4 Å². The molecule has 0 bridgehead atoms. The predicted octanol–water partition coefficient (Wildman–Crippen LogP) is 6.69. The Morgan fingerprint density at radius 2 is 0.775 bits per heavy atom. The van der Waals surface area contributed by atoms with E-state index in [9.17, 15) is 29.8 Å². The van der Waals surface area contributed by atoms with Crippen LogP contribution in [0.1, 0.15) is 13.8 Å². The van der Waals surface area contributed by atoms with E-state index < -0.39 is 9.85 Å². The van der Waals surface area contributed by atoms with Crippen molar-refractivity contribution in [1.29, 1.82) is 0 Å². The fraction of sp³-hybridized carbons (Fsp3) is 0.0714. The van der Waals surface area contributed by atoms with Crippen LogP contribution in [0.2, 0.25) is 0 Å². The first-order valence-corrected chi connectivity index (χ1v) is 11.7. The van der Waals surface area contributed by atoms with Crippen LogP contribution in [0.5, 0.6) is 23.0 Å². The van der Waals surface area contributed by atoms with Crippen molar-refractivity contribution < 1.29 is 28.9 Å². The van der Waals surface area contributed by atoms with Crippen LogP contribution in [0, 0.1) is 20.2 Å². The van der Waals surface area contributed by atoms with Crippen molar-refractivity contribution in [3.63, 3.8) is 0 Å². The van der Waals surface area contributed by atoms with Gasteiger partial charge >= 0.3 is 0 Å². The molecule has 0 saturated heterocycles. The Morgan fingerprint density at radius 3 is 1.00 bits per heavy atom. The van der Waals surface area contributed by atoms with Crippen molar-refractivity contribution in [2.75, 3.05) is 10.6 Å². The third-order valence-corrected chi connectivity index (χ3v) is 4.92. The first-order valence-electron chi connectivity index (χ1n) is 11.7. The number of nitro groups is 2. The van der Waals surface area contributed by atoms with E-state index in [0.717, 1.165) is 0 Å². The number of carbonyl (C=O) groups excluding carboxylic acids is 2. The quantitative estimate of drug-likeness (QED) is 0.183. The van der Waals surface area contributed by atoms with Gasteiger partial charge in [-0.3, -0.25) is 29.8 Å². The van der Waals surface area contributed by atoms with Crippen molar-refractivity contribution in [2.24, 2.45) is 0 Å². The van der Waals surface area contributed by atoms with Crippen molar-refractivity contribution in [3.05, 3.63) is 117 Å². The van der Waals surface area contributed by atoms with Gasteiger partial charge in [-0.2, -0.15) is 0 Å². The molecule has 0 aromatic heterocycles. The van der Waals surface area contributed by atoms with Gasteiger partial charge in [-0.25, -0.2) is 0 Å². The lowest BCUT2D eigenvalue weighted by molar-refractivity contribution is -0.385. The number of benzene rings is 4. The molecule has 12 nitrogen and oxygen atoms in total. The maximum atomic E-state index is 10.9. The highest BCUT2D eigenvalue weighted by atomic mass is 16.6. The number of nitrogens with one attached hydrogen (secondary N) is 2. The third-order valence-electron chi connectivity index (χ3n) is 4.92. The van der Waals surface area contributed by atoms with Gasteiger partial charge in [0, 0.05) is 49.5 Å². The van der Waals surface area contributed by atoms with Crippen molar-refractivity contribution in [3.8, 4) is 23.0 Å². The number of non-ortho nitro benzene ring substituents is 2. The van der Waals surface area contributed by atoms with Crippen LogP contribution in [-0.2, 0) is 9.59 Å². The minimum atomic E-state index is -0.466. The summed E-state index contributed by atoms with van der Waals surface area (Å²) in [6, 6.07) is 25.3. The number of nitrogens with zero attached hydrogens (tertiary/aromatic N) is 2. The molecule has 0 radical (unpaired) electrons. The molecule has 204 valence electrons. The number of hydrogen-bond acceptors (Lipinski definition) is 8. The molecule has 0 aliphatic heterocycles. The summed E-state index contributed by atoms with van der Waals surface area (Å²) in [5, 5.41) is 26.3. The average Bonchev–Trinajstić information content (AvgIpc) is 2.91. The fourth-order valence-corrected chi connectivity index (χ4v) is 3.16. The van der Waals surface area contributed by atoms with E-state index in [1.165, 1.54) is 62.4 Å². The Balaban J connectivity index is 0.000000220. The normalized spacial score (nSPS) is 9.85. The van der Waals surface area contributed by atoms with Gasteiger partial charge in [-0.15, -0.1) is 0 Å². The van der Waals surface area contributed by atoms with Gasteiger partial charge in [0.2, 0.25) is 11.8 Å². The zero-order valence-corrected chi connectivity index (χ0v) is 21.4. The molecule has 0 heterocycles. The van der Waals surface area contributed by atoms with Crippen LogP contribution in [0.3, 0.4) is 0 Å². The van der Waals surface area contributed by atoms with E-state index in [-0.39, 0.29) is 23.2 Å². The van der Waals surface area contributed by atoms with Crippen molar-refractivity contribution in [2.45, 2.75) is 13.8 Å². The zero-order chi connectivity index (χ0) is 29.1. The number of nitro benzene ring substituents is 2. The Labute approximate surface area is 228 Å². The topological polar surface area (TPSA) is 163 Å². The van der Waals surface area contributed by atoms with E-state index in [2.05, 4.69) is 10.6 Å². The third kappa shape index (κ3) is 9.27. The number of hydrogen-bond donors (Lipinski definition) is 2. The summed E-state index contributed by atoms with van der Waals surface area (Å²) < 4.78 is 11.1. The number of rotatable bonds is 8. The second-order valence-corrected chi connectivity index (χ2v) is 8.12. The molecule has 2 N–H and O–H groups in total. The van der Waals surface area contributed by atoms with Crippen LogP contribution < -0.4 is 20.1 Å². The largest absolute Gasteiger partial charge is 0.457 e. The number of amides is 2. The summed E-state index contributed by atoms with van der Waals surface area (Å²) in [6.45, 7) is 2.86. The van der Waals surface area contributed by atoms with Crippen LogP contribution in [0.15, 0.2) is 97.1 Å². The molecule has 0 saturated carbocycles. The van der Waals surface area contributed by atoms with Crippen LogP contribution >= 0.6 is 0 Å². The number of carbonyl (C=O) groups is 2. The minimum Gasteiger partial charge on any atom is -0.457 e. The first-order chi connectivity index (χ1) is 19.1. The smallest absolute Gasteiger partial charge is 0.269 e. The highest BCUT2D eigenvalue weighted by Crippen LogP contribution is 2.26. The SMILES string of the molecule is CC(=O)Nc1ccc(Oc2ccc([N+](=O)[O-])cc2)cc1.CC(=O)Nc1ccc(Oc2ccc([N+](=O)[O-])cc2)cc1. The van der Waals surface area contributed by atoms with Gasteiger partial charge < -0.3 is 20.1 Å². The second-order valence-electron chi connectivity index (χ2n) is 8.12. The molecule has 40 heavy (non-hydrogen) atoms. The molecule has 2 amide bonds. The van der Waals surface area contributed by atoms with Gasteiger partial charge in [0.1, 0.15) is 23.0 Å². The maximum Gasteiger partial charge on any atom is 0.269 e. The summed E-state index contributed by atoms with van der Waals surface area (Å²) in [4.78, 5) is 41.9. The Morgan fingerprint density at radius 1 is 0.525 bits per heavy atom. The zero-order valence-electron chi connectivity index (χ0n) is 21.4. The molecule has 4 aromatic carbocycles. The molecule has 0 atom stereocenters. The lowest BCUT2D eigenvalue weighted by Crippen LogP contribution is -2.05. The summed E-state index contributed by atoms with van der Waals surface area (Å²) in [7, 11) is 0. The van der Waals surface area contributed by atoms with Crippen molar-refractivity contribution >= 4 is 34.6 Å². The maximum absolute atomic E-state index is 10.9. The van der Waals surface area contributed by atoms with E-state index >= 15 is 0 Å². The molecule has 0 spiro atoms. The predicted molar refractivity (Wildman–Crippen MR) is 148 cm³/mol. The van der Waals surface area contributed by atoms with Crippen LogP contribution in [0.4, 0.5) is 22.7 Å². The first kappa shape index (κ1) is 28.8. The summed E-state index contributed by atoms with van der Waals surface area (Å²) in [5.41, 5.74) is 1.37. The van der Waals surface area contributed by atoms with E-state index in [1.807, 2.05) is 0 Å². The van der Waals surface area contributed by atoms with Gasteiger partial charge in [0.15, 0.2) is 0 Å². The summed E-state index contributed by atoms with van der Waals surface area (Å²) in [5.74, 6) is 1.87. The molecule has 12 heteroatoms. The highest BCUT2D eigenvalue weighted by Gasteiger charge is 2.06. The average molecular weight is 545 g/mol. The lowest BCUT2D eigenvalue weighted by atomic mass is 10.3. The van der Waals surface area contributed by atoms with Gasteiger partial charge in [0.05, 0.1) is 9.85 Å². The Kier molecular flexibility index (Phi) is 9.84. The summed E-state index contributed by atoms with van der Waals surface area (Å²) in [6.07, 6.45) is 0. The number of anilines is 2. The van der Waals surface area contributed by atoms with Gasteiger partial charge in [-0.05, 0) is 72.8 Å². The monoisotopic (exact) mass is 544 g/mol. The summed E-state index contributed by atoms with van der Waals surface area (Å²) >= 11 is 0. The van der Waals surface area contributed by atoms with E-state index in [1.54, 1.807) is 48.5 Å². The molecule has 0 unspecified atom stereocenters. The van der Waals surface area contributed by atoms with Crippen molar-refractivity contribution in [1.82, 2.24) is 0 Å². The van der Waals surface area contributed by atoms with Gasteiger partial charge in [0.25, 0.3) is 11.4 Å². The minimum absolute atomic E-state index is 0.0124. The molecular weight excluding hydrogens is 520 g/mol. The second kappa shape index (κ2) is 13.7. The molecule has 0 aliphatic rings. The standard InChI is InChI=1S/2C14H12N2O4/c2*1-10(17)15-11-2-6-13(7-3-11)20-14-8-4-12(5-9-14)16(18)19/h2*2-9H,1H3,(H,15,17). The number of ether oxygens (including phenoxy) is 2. The Bertz CT molecular complexity index is 1360. The van der Waals surface area contributed by atoms with E-state index in [4.69, 9.17) is 9.47 Å². The molecular formula is C28H24N4O8. The molecule has 0 fully saturated rings.